The van der Waals surface area contributed by atoms with E-state index >= 15 is 0 Å². The van der Waals surface area contributed by atoms with Crippen LogP contribution < -0.4 is 0 Å². The molecule has 0 aliphatic rings. The Morgan fingerprint density at radius 3 is 0.400 bits per heavy atom. The molecule has 10 nitrogen and oxygen atoms in total. The molecule has 0 amide bonds. The van der Waals surface area contributed by atoms with Gasteiger partial charge in [0.15, 0.2) is 0 Å². The number of hydrogen-bond acceptors (Lipinski definition) is 5. The van der Waals surface area contributed by atoms with Gasteiger partial charge in [-0.2, -0.15) is 0 Å². The molecule has 0 fully saturated rings. The van der Waals surface area contributed by atoms with Gasteiger partial charge in [-0.1, -0.05) is 0 Å². The Bertz CT molecular complexity index is 205. The molecule has 10 heteroatoms. The summed E-state index contributed by atoms with van der Waals surface area (Å²) in [6.45, 7) is 5.42. The largest absolute Gasteiger partial charge is 0.481 e. The van der Waals surface area contributed by atoms with Crippen LogP contribution in [0.2, 0.25) is 0 Å². The zero-order chi connectivity index (χ0) is 17.9. The van der Waals surface area contributed by atoms with Crippen molar-refractivity contribution in [2.24, 2.45) is 0 Å². The molecule has 0 bridgehead atoms. The predicted octanol–water partition coefficient (Wildman–Crippen LogP) is 0.455. The fraction of sp³-hybridized carbons (Fsp3) is 0.500. The van der Waals surface area contributed by atoms with Crippen molar-refractivity contribution in [1.29, 1.82) is 0 Å². The minimum Gasteiger partial charge on any atom is -0.481 e. The summed E-state index contributed by atoms with van der Waals surface area (Å²) in [7, 11) is 0. The van der Waals surface area contributed by atoms with Crippen LogP contribution >= 0.6 is 0 Å². The molecule has 0 heterocycles. The number of carbonyl (C=O) groups is 5. The van der Waals surface area contributed by atoms with E-state index in [0.717, 1.165) is 34.6 Å². The summed E-state index contributed by atoms with van der Waals surface area (Å²) in [6, 6.07) is 0. The van der Waals surface area contributed by atoms with Crippen molar-refractivity contribution in [3.05, 3.63) is 0 Å². The molecule has 0 saturated carbocycles. The van der Waals surface area contributed by atoms with E-state index in [1.54, 1.807) is 0 Å². The molecule has 0 aromatic carbocycles. The van der Waals surface area contributed by atoms with E-state index in [1.807, 2.05) is 0 Å². The summed E-state index contributed by atoms with van der Waals surface area (Å²) in [5, 5.41) is 37.1. The van der Waals surface area contributed by atoms with Gasteiger partial charge in [-0.15, -0.1) is 0 Å². The van der Waals surface area contributed by atoms with Gasteiger partial charge in [0, 0.05) is 34.6 Å². The van der Waals surface area contributed by atoms with Gasteiger partial charge in [-0.25, -0.2) is 0 Å². The Kier molecular flexibility index (Phi) is 38.4. The molecule has 0 saturated heterocycles. The molecule has 0 radical (unpaired) electrons. The zero-order valence-electron chi connectivity index (χ0n) is 11.8. The highest BCUT2D eigenvalue weighted by atomic mass is 16.4. The van der Waals surface area contributed by atoms with Crippen LogP contribution in [-0.2, 0) is 24.0 Å². The minimum atomic E-state index is -0.833. The predicted molar refractivity (Wildman–Crippen MR) is 66.5 cm³/mol. The molecule has 120 valence electrons. The second kappa shape index (κ2) is 25.3. The van der Waals surface area contributed by atoms with Crippen LogP contribution in [0, 0.1) is 0 Å². The summed E-state index contributed by atoms with van der Waals surface area (Å²) in [6.07, 6.45) is 0. The second-order valence-corrected chi connectivity index (χ2v) is 2.60. The standard InChI is InChI=1S/5C2H4O2/c5*1-2(3)4/h5*1H3,(H,3,4). The SMILES string of the molecule is CC(=O)O.CC(=O)O.CC(=O)O.CC(=O)O.CC(=O)O. The topological polar surface area (TPSA) is 186 Å². The average Bonchev–Trinajstić information content (AvgIpc) is 1.94. The zero-order valence-corrected chi connectivity index (χ0v) is 11.8. The number of rotatable bonds is 0. The Balaban J connectivity index is -0.0000000469. The van der Waals surface area contributed by atoms with Crippen LogP contribution in [-0.4, -0.2) is 55.4 Å². The number of hydrogen-bond donors (Lipinski definition) is 5. The number of carboxylic acid groups (broad SMARTS) is 5. The van der Waals surface area contributed by atoms with Gasteiger partial charge in [0.1, 0.15) is 0 Å². The summed E-state index contributed by atoms with van der Waals surface area (Å²) in [5.74, 6) is -4.17. The van der Waals surface area contributed by atoms with Crippen molar-refractivity contribution in [2.45, 2.75) is 34.6 Å². The third-order valence-electron chi connectivity index (χ3n) is 0. The molecule has 0 rings (SSSR count). The van der Waals surface area contributed by atoms with Crippen LogP contribution in [0.15, 0.2) is 0 Å². The molecule has 0 aliphatic carbocycles. The van der Waals surface area contributed by atoms with E-state index in [4.69, 9.17) is 49.5 Å². The summed E-state index contributed by atoms with van der Waals surface area (Å²) in [5.41, 5.74) is 0. The molecule has 0 spiro atoms. The van der Waals surface area contributed by atoms with Crippen LogP contribution in [0.3, 0.4) is 0 Å². The van der Waals surface area contributed by atoms with E-state index in [0.29, 0.717) is 0 Å². The Morgan fingerprint density at radius 2 is 0.400 bits per heavy atom. The quantitative estimate of drug-likeness (QED) is 0.420. The van der Waals surface area contributed by atoms with Gasteiger partial charge in [-0.3, -0.25) is 24.0 Å². The molecule has 0 aliphatic heterocycles. The molecule has 0 unspecified atom stereocenters. The molecule has 0 aromatic heterocycles. The van der Waals surface area contributed by atoms with Gasteiger partial charge in [-0.05, 0) is 0 Å². The summed E-state index contributed by atoms with van der Waals surface area (Å²) >= 11 is 0. The first-order chi connectivity index (χ1) is 8.66. The molecular formula is C10H20O10. The highest BCUT2D eigenvalue weighted by Crippen LogP contribution is 1.43. The lowest BCUT2D eigenvalue weighted by Gasteiger charge is -1.59. The minimum absolute atomic E-state index is 0.833. The molecule has 20 heavy (non-hydrogen) atoms. The Hall–Kier alpha value is -2.65. The highest BCUT2D eigenvalue weighted by Gasteiger charge is 1.66. The lowest BCUT2D eigenvalue weighted by atomic mass is 10.9. The van der Waals surface area contributed by atoms with Crippen molar-refractivity contribution in [3.63, 3.8) is 0 Å². The van der Waals surface area contributed by atoms with Gasteiger partial charge < -0.3 is 25.5 Å². The van der Waals surface area contributed by atoms with Gasteiger partial charge in [0.05, 0.1) is 0 Å². The van der Waals surface area contributed by atoms with Crippen molar-refractivity contribution < 1.29 is 49.5 Å². The Morgan fingerprint density at radius 1 is 0.400 bits per heavy atom. The molecular weight excluding hydrogens is 280 g/mol. The summed E-state index contributed by atoms with van der Waals surface area (Å²) < 4.78 is 0. The van der Waals surface area contributed by atoms with Gasteiger partial charge in [0.2, 0.25) is 0 Å². The summed E-state index contributed by atoms with van der Waals surface area (Å²) in [4.78, 5) is 45.0. The van der Waals surface area contributed by atoms with E-state index < -0.39 is 29.8 Å². The third-order valence-corrected chi connectivity index (χ3v) is 0. The Labute approximate surface area is 115 Å². The van der Waals surface area contributed by atoms with Crippen molar-refractivity contribution >= 4 is 29.8 Å². The maximum absolute atomic E-state index is 9.00. The number of carboxylic acids is 5. The fourth-order valence-corrected chi connectivity index (χ4v) is 0. The maximum atomic E-state index is 9.00. The monoisotopic (exact) mass is 300 g/mol. The van der Waals surface area contributed by atoms with Gasteiger partial charge in [0.25, 0.3) is 29.8 Å². The van der Waals surface area contributed by atoms with Crippen LogP contribution in [0.5, 0.6) is 0 Å². The molecule has 5 N–H and O–H groups in total. The fourth-order valence-electron chi connectivity index (χ4n) is 0. The van der Waals surface area contributed by atoms with Crippen molar-refractivity contribution in [2.75, 3.05) is 0 Å². The normalized spacial score (nSPS) is 6.25. The van der Waals surface area contributed by atoms with Crippen LogP contribution in [0.1, 0.15) is 34.6 Å². The van der Waals surface area contributed by atoms with E-state index in [2.05, 4.69) is 0 Å². The lowest BCUT2D eigenvalue weighted by Crippen LogP contribution is -1.78. The van der Waals surface area contributed by atoms with Crippen molar-refractivity contribution in [1.82, 2.24) is 0 Å². The maximum Gasteiger partial charge on any atom is 0.300 e. The van der Waals surface area contributed by atoms with Crippen molar-refractivity contribution in [3.8, 4) is 0 Å². The first kappa shape index (κ1) is 30.4. The van der Waals surface area contributed by atoms with Gasteiger partial charge >= 0.3 is 0 Å². The van der Waals surface area contributed by atoms with Crippen LogP contribution in [0.4, 0.5) is 0 Å². The smallest absolute Gasteiger partial charge is 0.300 e. The van der Waals surface area contributed by atoms with E-state index in [1.165, 1.54) is 0 Å². The number of aliphatic carboxylic acids is 5. The first-order valence-electron chi connectivity index (χ1n) is 4.64. The average molecular weight is 300 g/mol. The van der Waals surface area contributed by atoms with Crippen LogP contribution in [0.25, 0.3) is 0 Å². The van der Waals surface area contributed by atoms with E-state index in [9.17, 15) is 0 Å². The second-order valence-electron chi connectivity index (χ2n) is 2.60. The third kappa shape index (κ3) is 450. The molecule has 0 atom stereocenters. The lowest BCUT2D eigenvalue weighted by molar-refractivity contribution is -0.135. The molecule has 0 aromatic rings. The first-order valence-corrected chi connectivity index (χ1v) is 4.64. The highest BCUT2D eigenvalue weighted by molar-refractivity contribution is 5.63. The van der Waals surface area contributed by atoms with E-state index in [-0.39, 0.29) is 0 Å².